The number of hydrogen-bond donors (Lipinski definition) is 1. The number of halogens is 3. The van der Waals surface area contributed by atoms with Crippen LogP contribution in [0.25, 0.3) is 0 Å². The Morgan fingerprint density at radius 1 is 0.467 bits per heavy atom. The number of carbonyl (C=O) groups excluding carboxylic acids is 3. The molecule has 0 fully saturated rings. The molecule has 92 heavy (non-hydrogen) atoms. The van der Waals surface area contributed by atoms with Gasteiger partial charge in [-0.15, -0.1) is 0 Å². The summed E-state index contributed by atoms with van der Waals surface area (Å²) in [6.07, 6.45) is 8.73. The largest absolute Gasteiger partial charge is 0.464 e. The average molecular weight is 1270 g/mol. The van der Waals surface area contributed by atoms with Gasteiger partial charge in [0.05, 0.1) is 38.6 Å². The lowest BCUT2D eigenvalue weighted by molar-refractivity contribution is -0.182. The second-order valence-electron chi connectivity index (χ2n) is 25.1. The highest BCUT2D eigenvalue weighted by molar-refractivity contribution is 5.92. The highest BCUT2D eigenvalue weighted by Gasteiger charge is 2.30. The van der Waals surface area contributed by atoms with Crippen LogP contribution in [0.5, 0.6) is 0 Å². The molecule has 0 unspecified atom stereocenters. The Kier molecular flexibility index (Phi) is 36.3. The second-order valence-corrected chi connectivity index (χ2v) is 25.1. The maximum atomic E-state index is 13.5. The molecule has 0 aliphatic carbocycles. The molecule has 11 nitrogen and oxygen atoms in total. The Bertz CT molecular complexity index is 2950. The number of nitrogens with one attached hydrogen (secondary N) is 1. The number of rotatable bonds is 36. The van der Waals surface area contributed by atoms with Crippen molar-refractivity contribution in [2.75, 3.05) is 40.1 Å². The number of esters is 1. The monoisotopic (exact) mass is 1270 g/mol. The van der Waals surface area contributed by atoms with Crippen LogP contribution in [0.1, 0.15) is 129 Å². The Morgan fingerprint density at radius 2 is 0.804 bits per heavy atom. The molecule has 14 heteroatoms. The lowest BCUT2D eigenvalue weighted by Gasteiger charge is -2.32. The minimum absolute atomic E-state index is 0.00420. The van der Waals surface area contributed by atoms with E-state index in [0.29, 0.717) is 37.6 Å². The lowest BCUT2D eigenvalue weighted by atomic mass is 9.82. The van der Waals surface area contributed by atoms with Gasteiger partial charge in [-0.3, -0.25) is 5.32 Å². The van der Waals surface area contributed by atoms with Gasteiger partial charge >= 0.3 is 12.1 Å². The van der Waals surface area contributed by atoms with Crippen LogP contribution in [0.15, 0.2) is 176 Å². The van der Waals surface area contributed by atoms with Gasteiger partial charge in [0.25, 0.3) is 0 Å². The van der Waals surface area contributed by atoms with E-state index < -0.39 is 17.7 Å². The van der Waals surface area contributed by atoms with E-state index in [4.69, 9.17) is 33.2 Å². The molecule has 6 rings (SSSR count). The van der Waals surface area contributed by atoms with Gasteiger partial charge in [0, 0.05) is 13.2 Å². The summed E-state index contributed by atoms with van der Waals surface area (Å²) in [4.78, 5) is 35.3. The number of aryl methyl sites for hydroxylation is 3. The van der Waals surface area contributed by atoms with E-state index in [1.165, 1.54) is 66.3 Å². The van der Waals surface area contributed by atoms with Crippen molar-refractivity contribution in [3.63, 3.8) is 0 Å². The molecule has 6 atom stereocenters. The summed E-state index contributed by atoms with van der Waals surface area (Å²) in [5.41, 5.74) is 6.29. The standard InChI is InChI=1S/C30H40FNO5.C26H37FO3.C22H27FO2/c1-21(2)25(20-23-12-15-24(31)16-13-23)27(17-14-22-10-8-7-9-11-22)36-19-18-26(28(33)35-6)32-29(34)37-30(3,4)5;1-5-28-26(29-6-2)19-30-25(17-14-21-10-8-7-9-11-21)24(20(3)4)18-22-12-15-23(27)16-13-22;1-17(2)21(16-19-8-11-20(23)12-9-19)22(25-15-14-24)13-10-18-6-4-3-5-7-18/h7-13,15-16,18,21,25,27H,14,17,19-20H2,1-6H3,(H,32,34);7-13,15-16,20,24-26H,5-6,14,17-19H2,1-4H3;3-9,11-12,14,17,21-22H,10,13,15-16H2,1-2H3/t25-,27+;24-,25+;21-,22+/m000/s1. The summed E-state index contributed by atoms with van der Waals surface area (Å²) in [7, 11) is 1.24. The predicted octanol–water partition coefficient (Wildman–Crippen LogP) is 17.2. The van der Waals surface area contributed by atoms with Gasteiger partial charge in [-0.05, 0) is 204 Å². The Balaban J connectivity index is 0.000000300. The lowest BCUT2D eigenvalue weighted by Crippen LogP contribution is -2.35. The number of benzene rings is 6. The highest BCUT2D eigenvalue weighted by Crippen LogP contribution is 2.30. The first-order chi connectivity index (χ1) is 44.1. The molecule has 0 bridgehead atoms. The summed E-state index contributed by atoms with van der Waals surface area (Å²) >= 11 is 0. The smallest absolute Gasteiger partial charge is 0.412 e. The number of ether oxygens (including phenoxy) is 7. The van der Waals surface area contributed by atoms with Crippen LogP contribution in [-0.4, -0.2) is 88.7 Å². The van der Waals surface area contributed by atoms with Crippen LogP contribution in [0.4, 0.5) is 18.0 Å². The van der Waals surface area contributed by atoms with Crippen molar-refractivity contribution in [3.05, 3.63) is 226 Å². The number of carbonyl (C=O) groups is 3. The Hall–Kier alpha value is -6.94. The molecule has 0 saturated heterocycles. The molecular formula is C78H104F3NO10. The quantitative estimate of drug-likeness (QED) is 0.0176. The molecule has 1 N–H and O–H groups in total. The van der Waals surface area contributed by atoms with Crippen molar-refractivity contribution < 1.29 is 60.7 Å². The van der Waals surface area contributed by atoms with E-state index in [9.17, 15) is 27.6 Å². The summed E-state index contributed by atoms with van der Waals surface area (Å²) in [5.74, 6) is 0.457. The normalized spacial score (nSPS) is 13.7. The summed E-state index contributed by atoms with van der Waals surface area (Å²) in [6.45, 7) is 24.0. The Labute approximate surface area is 548 Å². The van der Waals surface area contributed by atoms with Gasteiger partial charge < -0.3 is 38.0 Å². The van der Waals surface area contributed by atoms with E-state index in [-0.39, 0.29) is 78.7 Å². The molecular weight excluding hydrogens is 1170 g/mol. The van der Waals surface area contributed by atoms with Crippen molar-refractivity contribution >= 4 is 18.3 Å². The second kappa shape index (κ2) is 43.1. The zero-order chi connectivity index (χ0) is 67.3. The fraction of sp³-hybridized carbons (Fsp3) is 0.474. The average Bonchev–Trinajstić information content (AvgIpc) is 1.76. The first kappa shape index (κ1) is 77.5. The topological polar surface area (TPSA) is 128 Å². The minimum atomic E-state index is -0.749. The van der Waals surface area contributed by atoms with Crippen molar-refractivity contribution in [2.24, 2.45) is 35.5 Å². The predicted molar refractivity (Wildman–Crippen MR) is 361 cm³/mol. The molecule has 0 radical (unpaired) electrons. The van der Waals surface area contributed by atoms with E-state index in [0.717, 1.165) is 80.8 Å². The number of amides is 1. The zero-order valence-electron chi connectivity index (χ0n) is 56.6. The third-order valence-corrected chi connectivity index (χ3v) is 16.0. The minimum Gasteiger partial charge on any atom is -0.464 e. The molecule has 0 aliphatic heterocycles. The van der Waals surface area contributed by atoms with Crippen molar-refractivity contribution in [1.29, 1.82) is 0 Å². The van der Waals surface area contributed by atoms with E-state index in [1.807, 2.05) is 80.6 Å². The van der Waals surface area contributed by atoms with Crippen molar-refractivity contribution in [1.82, 2.24) is 5.32 Å². The molecule has 0 aliphatic rings. The van der Waals surface area contributed by atoms with Crippen LogP contribution in [0, 0.1) is 53.0 Å². The maximum absolute atomic E-state index is 13.5. The van der Waals surface area contributed by atoms with Crippen LogP contribution >= 0.6 is 0 Å². The van der Waals surface area contributed by atoms with Crippen LogP contribution < -0.4 is 5.32 Å². The van der Waals surface area contributed by atoms with Gasteiger partial charge in [0.2, 0.25) is 0 Å². The van der Waals surface area contributed by atoms with Gasteiger partial charge in [-0.2, -0.15) is 0 Å². The van der Waals surface area contributed by atoms with Gasteiger partial charge in [-0.1, -0.05) is 169 Å². The van der Waals surface area contributed by atoms with E-state index in [1.54, 1.807) is 32.9 Å². The first-order valence-electron chi connectivity index (χ1n) is 32.8. The number of methoxy groups -OCH3 is 1. The molecule has 6 aromatic rings. The Morgan fingerprint density at radius 3 is 1.11 bits per heavy atom. The van der Waals surface area contributed by atoms with E-state index in [2.05, 4.69) is 95.4 Å². The summed E-state index contributed by atoms with van der Waals surface area (Å²) < 4.78 is 80.1. The molecule has 0 heterocycles. The molecule has 502 valence electrons. The number of alkyl carbamates (subject to hydrolysis) is 1. The van der Waals surface area contributed by atoms with Crippen LogP contribution in [-0.2, 0) is 81.3 Å². The molecule has 0 aromatic heterocycles. The summed E-state index contributed by atoms with van der Waals surface area (Å²) in [6, 6.07) is 51.0. The molecule has 6 aromatic carbocycles. The molecule has 0 spiro atoms. The zero-order valence-corrected chi connectivity index (χ0v) is 56.6. The SMILES string of the molecule is CC(C)[C@H](Cc1ccc(F)cc1)[C@@H](CCc1ccccc1)OCC=O.CCOC(CO[C@H](CCc1ccccc1)[C@@H](Cc1ccc(F)cc1)C(C)C)OCC.COC(=O)C(=CCO[C@H](CCc1ccccc1)[C@@H](Cc1ccc(F)cc1)C(C)C)NC(=O)OC(C)(C)C. The maximum Gasteiger partial charge on any atom is 0.412 e. The van der Waals surface area contributed by atoms with Crippen LogP contribution in [0.3, 0.4) is 0 Å². The summed E-state index contributed by atoms with van der Waals surface area (Å²) in [5, 5.41) is 2.46. The number of hydrogen-bond acceptors (Lipinski definition) is 10. The van der Waals surface area contributed by atoms with Crippen molar-refractivity contribution in [2.45, 2.75) is 164 Å². The number of aldehydes is 1. The first-order valence-corrected chi connectivity index (χ1v) is 32.8. The highest BCUT2D eigenvalue weighted by atomic mass is 19.1. The fourth-order valence-corrected chi connectivity index (χ4v) is 11.0. The molecule has 1 amide bonds. The van der Waals surface area contributed by atoms with Crippen molar-refractivity contribution in [3.8, 4) is 0 Å². The van der Waals surface area contributed by atoms with Gasteiger partial charge in [0.1, 0.15) is 41.6 Å². The third-order valence-electron chi connectivity index (χ3n) is 16.0. The molecule has 0 saturated carbocycles. The van der Waals surface area contributed by atoms with Crippen LogP contribution in [0.2, 0.25) is 0 Å². The van der Waals surface area contributed by atoms with Gasteiger partial charge in [0.15, 0.2) is 6.29 Å². The van der Waals surface area contributed by atoms with E-state index >= 15 is 0 Å². The fourth-order valence-electron chi connectivity index (χ4n) is 11.0. The third kappa shape index (κ3) is 31.1. The van der Waals surface area contributed by atoms with Gasteiger partial charge in [-0.25, -0.2) is 22.8 Å².